The van der Waals surface area contributed by atoms with E-state index in [4.69, 9.17) is 0 Å². The van der Waals surface area contributed by atoms with E-state index in [0.29, 0.717) is 0 Å². The van der Waals surface area contributed by atoms with E-state index in [2.05, 4.69) is 348 Å². The Morgan fingerprint density at radius 1 is 0.213 bits per heavy atom. The molecule has 3 heterocycles. The first-order chi connectivity index (χ1) is 44.0. The smallest absolute Gasteiger partial charge is 0.0547 e. The lowest BCUT2D eigenvalue weighted by Gasteiger charge is -2.12. The van der Waals surface area contributed by atoms with Crippen LogP contribution in [0.5, 0.6) is 0 Å². The first-order valence-electron chi connectivity index (χ1n) is 30.8. The fourth-order valence-corrected chi connectivity index (χ4v) is 14.1. The van der Waals surface area contributed by atoms with E-state index in [0.717, 1.165) is 6.42 Å². The van der Waals surface area contributed by atoms with Gasteiger partial charge in [0.05, 0.1) is 33.1 Å². The van der Waals surface area contributed by atoms with Crippen LogP contribution < -0.4 is 0 Å². The van der Waals surface area contributed by atoms with Gasteiger partial charge in [0.25, 0.3) is 0 Å². The zero-order valence-corrected chi connectivity index (χ0v) is 49.2. The lowest BCUT2D eigenvalue weighted by molar-refractivity contribution is 1.13. The Kier molecular flexibility index (Phi) is 12.5. The van der Waals surface area contributed by atoms with Crippen molar-refractivity contribution in [2.24, 2.45) is 0 Å². The van der Waals surface area contributed by atoms with Crippen molar-refractivity contribution >= 4 is 97.7 Å². The normalized spacial score (nSPS) is 11.7. The van der Waals surface area contributed by atoms with Gasteiger partial charge >= 0.3 is 0 Å². The summed E-state index contributed by atoms with van der Waals surface area (Å²) in [7, 11) is 0. The van der Waals surface area contributed by atoms with Crippen molar-refractivity contribution in [3.63, 3.8) is 0 Å². The number of hydrogen-bond donors (Lipinski definition) is 0. The second-order valence-electron chi connectivity index (χ2n) is 23.7. The summed E-state index contributed by atoms with van der Waals surface area (Å²) >= 11 is 0. The molecule has 3 heteroatoms. The van der Waals surface area contributed by atoms with Crippen LogP contribution in [-0.2, 0) is 6.42 Å². The van der Waals surface area contributed by atoms with Crippen molar-refractivity contribution in [3.8, 4) is 50.4 Å². The van der Waals surface area contributed by atoms with Crippen molar-refractivity contribution in [2.45, 2.75) is 13.3 Å². The Hall–Kier alpha value is -11.5. The minimum Gasteiger partial charge on any atom is -0.309 e. The Morgan fingerprint density at radius 2 is 0.483 bits per heavy atom. The molecule has 15 aromatic carbocycles. The molecule has 0 aliphatic carbocycles. The van der Waals surface area contributed by atoms with Gasteiger partial charge < -0.3 is 13.7 Å². The molecule has 18 aromatic rings. The molecule has 18 rings (SSSR count). The van der Waals surface area contributed by atoms with Gasteiger partial charge in [-0.25, -0.2) is 0 Å². The zero-order valence-electron chi connectivity index (χ0n) is 49.2. The molecule has 0 unspecified atom stereocenters. The molecule has 0 N–H and O–H groups in total. The van der Waals surface area contributed by atoms with Crippen molar-refractivity contribution in [2.75, 3.05) is 0 Å². The number of aromatic nitrogens is 3. The highest BCUT2D eigenvalue weighted by atomic mass is 15.0. The lowest BCUT2D eigenvalue weighted by atomic mass is 9.97. The summed E-state index contributed by atoms with van der Waals surface area (Å²) in [6, 6.07) is 120. The van der Waals surface area contributed by atoms with Gasteiger partial charge in [-0.2, -0.15) is 0 Å². The fraction of sp³-hybridized carbons (Fsp3) is 0.0233. The molecule has 89 heavy (non-hydrogen) atoms. The molecule has 0 amide bonds. The molecule has 0 aliphatic rings. The monoisotopic (exact) mass is 1130 g/mol. The van der Waals surface area contributed by atoms with Gasteiger partial charge in [0, 0.05) is 49.4 Å². The highest BCUT2D eigenvalue weighted by Crippen LogP contribution is 2.41. The Bertz CT molecular complexity index is 5500. The summed E-state index contributed by atoms with van der Waals surface area (Å²) in [5.74, 6) is 0. The van der Waals surface area contributed by atoms with Crippen LogP contribution in [-0.4, -0.2) is 13.7 Å². The predicted molar refractivity (Wildman–Crippen MR) is 379 cm³/mol. The predicted octanol–water partition coefficient (Wildman–Crippen LogP) is 23.0. The maximum Gasteiger partial charge on any atom is 0.0547 e. The third kappa shape index (κ3) is 8.97. The highest BCUT2D eigenvalue weighted by molar-refractivity contribution is 6.14. The molecule has 0 radical (unpaired) electrons. The van der Waals surface area contributed by atoms with Crippen LogP contribution in [0.2, 0.25) is 0 Å². The van der Waals surface area contributed by atoms with E-state index in [1.54, 1.807) is 0 Å². The third-order valence-electron chi connectivity index (χ3n) is 18.4. The molecule has 0 saturated carbocycles. The SMILES string of the molecule is Cc1ccc(-n2c3ccccc3c3ccc(-c4cccc5ccccc45)cc32)cc1.c1ccc2c(-c3ccc4c5ccccc5n(-c5ccc(Cc6ccc(-n7c8ccccc8c8ccc(-c9cccc%10ccccc9%10)cc87)cc6)cc5)c4c3)cccc2c1. The number of rotatable bonds is 8. The zero-order chi connectivity index (χ0) is 58.9. The molecule has 3 nitrogen and oxygen atoms in total. The summed E-state index contributed by atoms with van der Waals surface area (Å²) in [5.41, 5.74) is 22.2. The lowest BCUT2D eigenvalue weighted by Crippen LogP contribution is -1.97. The second-order valence-corrected chi connectivity index (χ2v) is 23.7. The fourth-order valence-electron chi connectivity index (χ4n) is 14.1. The van der Waals surface area contributed by atoms with Gasteiger partial charge in [0.1, 0.15) is 0 Å². The summed E-state index contributed by atoms with van der Waals surface area (Å²) in [4.78, 5) is 0. The summed E-state index contributed by atoms with van der Waals surface area (Å²) in [6.45, 7) is 2.13. The van der Waals surface area contributed by atoms with E-state index < -0.39 is 0 Å². The number of fused-ring (bicyclic) bond motifs is 12. The molecule has 0 fully saturated rings. The van der Waals surface area contributed by atoms with E-state index in [1.807, 2.05) is 0 Å². The molecule has 0 aliphatic heterocycles. The topological polar surface area (TPSA) is 14.8 Å². The first kappa shape index (κ1) is 51.9. The van der Waals surface area contributed by atoms with Crippen molar-refractivity contribution < 1.29 is 0 Å². The molecule has 0 bridgehead atoms. The van der Waals surface area contributed by atoms with Gasteiger partial charge in [-0.05, 0) is 163 Å². The largest absolute Gasteiger partial charge is 0.309 e. The van der Waals surface area contributed by atoms with E-state index >= 15 is 0 Å². The van der Waals surface area contributed by atoms with E-state index in [1.165, 1.54) is 165 Å². The van der Waals surface area contributed by atoms with Crippen LogP contribution in [0.3, 0.4) is 0 Å². The number of nitrogens with zero attached hydrogens (tertiary/aromatic N) is 3. The molecule has 0 spiro atoms. The van der Waals surface area contributed by atoms with Crippen molar-refractivity contribution in [3.05, 3.63) is 344 Å². The quantitative estimate of drug-likeness (QED) is 0.144. The number of aryl methyl sites for hydroxylation is 1. The van der Waals surface area contributed by atoms with Gasteiger partial charge in [0.2, 0.25) is 0 Å². The molecular weight excluding hydrogens is 1070 g/mol. The molecular formula is C86H59N3. The van der Waals surface area contributed by atoms with Crippen molar-refractivity contribution in [1.82, 2.24) is 13.7 Å². The van der Waals surface area contributed by atoms with Crippen LogP contribution in [0, 0.1) is 6.92 Å². The maximum atomic E-state index is 2.43. The summed E-state index contributed by atoms with van der Waals surface area (Å²) in [6.07, 6.45) is 0.858. The maximum absolute atomic E-state index is 2.43. The first-order valence-corrected chi connectivity index (χ1v) is 30.8. The average Bonchev–Trinajstić information content (AvgIpc) is 1.73. The summed E-state index contributed by atoms with van der Waals surface area (Å²) in [5, 5.41) is 15.3. The minimum absolute atomic E-state index is 0.858. The molecule has 0 saturated heterocycles. The van der Waals surface area contributed by atoms with E-state index in [9.17, 15) is 0 Å². The summed E-state index contributed by atoms with van der Waals surface area (Å²) < 4.78 is 7.24. The number of benzene rings is 15. The molecule has 0 atom stereocenters. The van der Waals surface area contributed by atoms with Gasteiger partial charge in [-0.15, -0.1) is 0 Å². The Morgan fingerprint density at radius 3 is 0.820 bits per heavy atom. The van der Waals surface area contributed by atoms with Gasteiger partial charge in [-0.1, -0.05) is 260 Å². The number of hydrogen-bond acceptors (Lipinski definition) is 0. The highest BCUT2D eigenvalue weighted by Gasteiger charge is 2.18. The van der Waals surface area contributed by atoms with Crippen LogP contribution in [0.25, 0.3) is 148 Å². The third-order valence-corrected chi connectivity index (χ3v) is 18.4. The van der Waals surface area contributed by atoms with E-state index in [-0.39, 0.29) is 0 Å². The standard InChI is InChI=1S/C57H38N2.C29H21N/c1-3-15-46-40(11-1)13-9-19-48(46)42-27-33-52-50-17-5-7-21-54(50)58(56(52)36-42)44-29-23-38(24-30-44)35-39-25-31-45(32-26-39)59-55-22-8-6-18-51(55)53-34-28-43(37-57(53)59)49-20-10-14-41-12-2-4-16-47(41)49;1-20-13-16-23(17-14-20)30-28-12-5-4-10-26(28)27-18-15-22(19-29(27)30)25-11-6-8-21-7-2-3-9-24(21)25/h1-34,36-37H,35H2;2-19H,1H3. The average molecular weight is 1130 g/mol. The Balaban J connectivity index is 0.000000171. The Labute approximate surface area is 516 Å². The van der Waals surface area contributed by atoms with Crippen LogP contribution in [0.1, 0.15) is 16.7 Å². The second kappa shape index (κ2) is 21.5. The van der Waals surface area contributed by atoms with Crippen LogP contribution >= 0.6 is 0 Å². The van der Waals surface area contributed by atoms with Gasteiger partial charge in [-0.3, -0.25) is 0 Å². The van der Waals surface area contributed by atoms with Crippen LogP contribution in [0.4, 0.5) is 0 Å². The van der Waals surface area contributed by atoms with Gasteiger partial charge in [0.15, 0.2) is 0 Å². The van der Waals surface area contributed by atoms with Crippen molar-refractivity contribution in [1.29, 1.82) is 0 Å². The van der Waals surface area contributed by atoms with Crippen LogP contribution in [0.15, 0.2) is 328 Å². The molecule has 3 aromatic heterocycles. The minimum atomic E-state index is 0.858. The molecule has 418 valence electrons. The number of para-hydroxylation sites is 3.